The van der Waals surface area contributed by atoms with E-state index in [9.17, 15) is 18.7 Å². The second kappa shape index (κ2) is 13.8. The number of anilines is 1. The number of aliphatic hydroxyl groups excluding tert-OH is 1. The van der Waals surface area contributed by atoms with Crippen molar-refractivity contribution in [2.75, 3.05) is 10.5 Å². The van der Waals surface area contributed by atoms with Gasteiger partial charge in [-0.15, -0.1) is 0 Å². The largest absolute Gasteiger partial charge is 0.618 e. The topological polar surface area (TPSA) is 112 Å². The molecule has 1 aliphatic heterocycles. The number of pyridine rings is 1. The molecular formula is C35H32N2O6S2. The molecule has 8 nitrogen and oxygen atoms in total. The zero-order valence-corrected chi connectivity index (χ0v) is 25.8. The molecule has 0 aliphatic carbocycles. The lowest BCUT2D eigenvalue weighted by Gasteiger charge is -2.43. The van der Waals surface area contributed by atoms with E-state index in [1.165, 1.54) is 30.1 Å². The molecule has 4 aromatic carbocycles. The average Bonchev–Trinajstić information content (AvgIpc) is 3.08. The number of nitrogens with zero attached hydrogens (tertiary/aromatic N) is 1. The van der Waals surface area contributed by atoms with Gasteiger partial charge in [-0.3, -0.25) is 4.72 Å². The fourth-order valence-corrected chi connectivity index (χ4v) is 7.46. The number of sulfonamides is 1. The molecule has 0 spiro atoms. The summed E-state index contributed by atoms with van der Waals surface area (Å²) in [5, 5.41) is 22.7. The van der Waals surface area contributed by atoms with Crippen LogP contribution in [0, 0.1) is 5.21 Å². The van der Waals surface area contributed by atoms with Gasteiger partial charge < -0.3 is 19.8 Å². The van der Waals surface area contributed by atoms with Crippen LogP contribution in [-0.4, -0.2) is 25.4 Å². The first-order valence-electron chi connectivity index (χ1n) is 14.5. The average molecular weight is 641 g/mol. The maximum atomic E-state index is 13.1. The molecule has 10 heteroatoms. The highest BCUT2D eigenvalue weighted by Crippen LogP contribution is 2.48. The van der Waals surface area contributed by atoms with Gasteiger partial charge in [0, 0.05) is 35.1 Å². The zero-order chi connectivity index (χ0) is 31.2. The smallest absolute Gasteiger partial charge is 0.261 e. The van der Waals surface area contributed by atoms with Crippen molar-refractivity contribution in [3.05, 3.63) is 161 Å². The Morgan fingerprint density at radius 2 is 1.47 bits per heavy atom. The lowest BCUT2D eigenvalue weighted by Crippen LogP contribution is -2.39. The van der Waals surface area contributed by atoms with Gasteiger partial charge in [-0.05, 0) is 47.0 Å². The molecule has 2 N–H and O–H groups in total. The number of hydrogen-bond acceptors (Lipinski definition) is 7. The number of aromatic nitrogens is 1. The SMILES string of the molecule is O=S(=O)(Nc1cccc(C2OC(CSc3cccc[n+]3[O-])C(c3ccccc3)C(c3ccc(CO)cc3)O2)c1)c1ccccc1. The summed E-state index contributed by atoms with van der Waals surface area (Å²) >= 11 is 1.41. The minimum atomic E-state index is -3.81. The molecule has 6 rings (SSSR count). The van der Waals surface area contributed by atoms with Crippen LogP contribution in [0.2, 0.25) is 0 Å². The second-order valence-corrected chi connectivity index (χ2v) is 13.3. The Morgan fingerprint density at radius 1 is 0.778 bits per heavy atom. The summed E-state index contributed by atoms with van der Waals surface area (Å²) in [4.78, 5) is 0.159. The van der Waals surface area contributed by atoms with Gasteiger partial charge in [-0.2, -0.15) is 4.73 Å². The van der Waals surface area contributed by atoms with Crippen LogP contribution < -0.4 is 9.45 Å². The number of aliphatic hydroxyl groups is 1. The first-order chi connectivity index (χ1) is 21.9. The van der Waals surface area contributed by atoms with Crippen LogP contribution in [0.1, 0.15) is 40.6 Å². The zero-order valence-electron chi connectivity index (χ0n) is 24.2. The predicted octanol–water partition coefficient (Wildman–Crippen LogP) is 6.34. The summed E-state index contributed by atoms with van der Waals surface area (Å²) in [7, 11) is -3.81. The van der Waals surface area contributed by atoms with Crippen LogP contribution in [0.3, 0.4) is 0 Å². The molecule has 1 aliphatic rings. The summed E-state index contributed by atoms with van der Waals surface area (Å²) < 4.78 is 43.0. The fourth-order valence-electron chi connectivity index (χ4n) is 5.41. The van der Waals surface area contributed by atoms with E-state index in [2.05, 4.69) is 4.72 Å². The Hall–Kier alpha value is -4.19. The molecule has 4 atom stereocenters. The van der Waals surface area contributed by atoms with E-state index < -0.39 is 28.5 Å². The molecular weight excluding hydrogens is 609 g/mol. The maximum absolute atomic E-state index is 13.1. The first kappa shape index (κ1) is 30.8. The number of benzene rings is 4. The lowest BCUT2D eigenvalue weighted by atomic mass is 9.84. The van der Waals surface area contributed by atoms with E-state index in [0.717, 1.165) is 21.4 Å². The summed E-state index contributed by atoms with van der Waals surface area (Å²) in [6.07, 6.45) is -0.222. The third-order valence-electron chi connectivity index (χ3n) is 7.62. The highest BCUT2D eigenvalue weighted by atomic mass is 32.2. The number of ether oxygens (including phenoxy) is 2. The van der Waals surface area contributed by atoms with Crippen LogP contribution in [0.15, 0.2) is 144 Å². The van der Waals surface area contributed by atoms with E-state index in [1.807, 2.05) is 66.7 Å². The Bertz CT molecular complexity index is 1820. The van der Waals surface area contributed by atoms with Crippen LogP contribution in [-0.2, 0) is 26.1 Å². The Balaban J connectivity index is 1.36. The predicted molar refractivity (Wildman–Crippen MR) is 173 cm³/mol. The second-order valence-electron chi connectivity index (χ2n) is 10.6. The van der Waals surface area contributed by atoms with Crippen molar-refractivity contribution in [1.29, 1.82) is 0 Å². The highest BCUT2D eigenvalue weighted by molar-refractivity contribution is 7.99. The molecule has 0 amide bonds. The fraction of sp³-hybridized carbons (Fsp3) is 0.171. The van der Waals surface area contributed by atoms with Crippen LogP contribution in [0.4, 0.5) is 5.69 Å². The molecule has 0 radical (unpaired) electrons. The minimum absolute atomic E-state index is 0.0725. The Morgan fingerprint density at radius 3 is 2.18 bits per heavy atom. The van der Waals surface area contributed by atoms with Gasteiger partial charge in [0.25, 0.3) is 15.0 Å². The molecule has 1 fully saturated rings. The molecule has 5 aromatic rings. The molecule has 230 valence electrons. The van der Waals surface area contributed by atoms with E-state index in [1.54, 1.807) is 48.5 Å². The van der Waals surface area contributed by atoms with Crippen molar-refractivity contribution in [2.45, 2.75) is 40.9 Å². The normalized spacial score (nSPS) is 20.0. The van der Waals surface area contributed by atoms with E-state index >= 15 is 0 Å². The highest BCUT2D eigenvalue weighted by Gasteiger charge is 2.42. The summed E-state index contributed by atoms with van der Waals surface area (Å²) in [6.45, 7) is -0.0725. The molecule has 4 unspecified atom stereocenters. The number of nitrogens with one attached hydrogen (secondary N) is 1. The van der Waals surface area contributed by atoms with Crippen LogP contribution >= 0.6 is 11.8 Å². The summed E-state index contributed by atoms with van der Waals surface area (Å²) in [5.74, 6) is 0.218. The lowest BCUT2D eigenvalue weighted by molar-refractivity contribution is -0.645. The Kier molecular flexibility index (Phi) is 9.48. The molecule has 0 bridgehead atoms. The third kappa shape index (κ3) is 7.22. The van der Waals surface area contributed by atoms with Crippen molar-refractivity contribution in [3.63, 3.8) is 0 Å². The standard InChI is InChI=1S/C35H32N2O6S2/c38-23-25-17-19-27(20-18-25)34-33(26-10-3-1-4-11-26)31(24-44-32-16-7-8-21-37(32)39)42-35(43-34)28-12-9-13-29(22-28)36-45(40,41)30-14-5-2-6-15-30/h1-22,31,33-36,38H,23-24H2. The van der Waals surface area contributed by atoms with E-state index in [-0.39, 0.29) is 17.4 Å². The van der Waals surface area contributed by atoms with Gasteiger partial charge in [-0.25, -0.2) is 8.42 Å². The summed E-state index contributed by atoms with van der Waals surface area (Å²) in [5.41, 5.74) is 3.72. The van der Waals surface area contributed by atoms with Gasteiger partial charge in [0.15, 0.2) is 12.5 Å². The van der Waals surface area contributed by atoms with Crippen LogP contribution in [0.25, 0.3) is 0 Å². The van der Waals surface area contributed by atoms with E-state index in [4.69, 9.17) is 9.47 Å². The monoisotopic (exact) mass is 640 g/mol. The minimum Gasteiger partial charge on any atom is -0.618 e. The number of rotatable bonds is 10. The molecule has 1 saturated heterocycles. The molecule has 45 heavy (non-hydrogen) atoms. The quantitative estimate of drug-likeness (QED) is 0.104. The van der Waals surface area contributed by atoms with Gasteiger partial charge >= 0.3 is 0 Å². The van der Waals surface area contributed by atoms with Crippen molar-refractivity contribution in [1.82, 2.24) is 0 Å². The van der Waals surface area contributed by atoms with Gasteiger partial charge in [0.1, 0.15) is 0 Å². The van der Waals surface area contributed by atoms with Crippen molar-refractivity contribution >= 4 is 27.5 Å². The number of hydrogen-bond donors (Lipinski definition) is 2. The molecule has 0 saturated carbocycles. The van der Waals surface area contributed by atoms with E-state index in [0.29, 0.717) is 22.0 Å². The van der Waals surface area contributed by atoms with Crippen molar-refractivity contribution < 1.29 is 27.7 Å². The van der Waals surface area contributed by atoms with Crippen molar-refractivity contribution in [2.24, 2.45) is 0 Å². The van der Waals surface area contributed by atoms with Gasteiger partial charge in [-0.1, -0.05) is 96.7 Å². The first-order valence-corrected chi connectivity index (χ1v) is 16.9. The van der Waals surface area contributed by atoms with Crippen LogP contribution in [0.5, 0.6) is 0 Å². The third-order valence-corrected chi connectivity index (χ3v) is 10.1. The van der Waals surface area contributed by atoms with Crippen molar-refractivity contribution in [3.8, 4) is 0 Å². The maximum Gasteiger partial charge on any atom is 0.261 e. The Labute approximate surface area is 266 Å². The molecule has 2 heterocycles. The van der Waals surface area contributed by atoms with Gasteiger partial charge in [0.05, 0.1) is 23.7 Å². The summed E-state index contributed by atoms with van der Waals surface area (Å²) in [6, 6.07) is 38.1. The molecule has 1 aromatic heterocycles. The number of thioether (sulfide) groups is 1. The van der Waals surface area contributed by atoms with Gasteiger partial charge in [0.2, 0.25) is 0 Å².